The van der Waals surface area contributed by atoms with Crippen LogP contribution in [0.5, 0.6) is 5.75 Å². The molecule has 32 heavy (non-hydrogen) atoms. The molecule has 2 rings (SSSR count). The van der Waals surface area contributed by atoms with Crippen LogP contribution in [0.15, 0.2) is 24.3 Å². The summed E-state index contributed by atoms with van der Waals surface area (Å²) in [4.78, 5) is 46.7. The molecule has 1 aromatic carbocycles. The van der Waals surface area contributed by atoms with Gasteiger partial charge in [0.05, 0.1) is 7.11 Å². The fraction of sp³-hybridized carbons (Fsp3) is 0.524. The van der Waals surface area contributed by atoms with Gasteiger partial charge in [0, 0.05) is 33.4 Å². The fourth-order valence-electron chi connectivity index (χ4n) is 3.20. The van der Waals surface area contributed by atoms with E-state index in [0.717, 1.165) is 13.8 Å². The van der Waals surface area contributed by atoms with Gasteiger partial charge < -0.3 is 33.7 Å². The van der Waals surface area contributed by atoms with Crippen molar-refractivity contribution in [1.29, 1.82) is 0 Å². The molecule has 1 heterocycles. The number of hydrogen-bond acceptors (Lipinski definition) is 11. The average molecular weight is 453 g/mol. The number of nitrogens with one attached hydrogen (secondary N) is 1. The lowest BCUT2D eigenvalue weighted by Crippen LogP contribution is -2.64. The normalized spacial score (nSPS) is 24.6. The fourth-order valence-corrected chi connectivity index (χ4v) is 3.20. The number of methoxy groups -OCH3 is 1. The van der Waals surface area contributed by atoms with E-state index in [4.69, 9.17) is 28.4 Å². The minimum atomic E-state index is -1.23. The van der Waals surface area contributed by atoms with Gasteiger partial charge in [-0.05, 0) is 24.3 Å². The molecular weight excluding hydrogens is 426 g/mol. The Hall–Kier alpha value is -3.34. The molecule has 11 nitrogen and oxygen atoms in total. The summed E-state index contributed by atoms with van der Waals surface area (Å²) >= 11 is 0. The summed E-state index contributed by atoms with van der Waals surface area (Å²) in [5, 5.41) is 3.06. The Morgan fingerprint density at radius 3 is 1.84 bits per heavy atom. The van der Waals surface area contributed by atoms with Crippen LogP contribution in [0.2, 0.25) is 0 Å². The SMILES string of the molecule is COc1ccc(NC2O[C@H](COC(C)=O)[C@@H](OC(C)=O)[C@H](OC(C)=O)[C@H]2OC(C)=O)cc1. The molecule has 1 aromatic rings. The zero-order chi connectivity index (χ0) is 23.8. The monoisotopic (exact) mass is 453 g/mol. The minimum absolute atomic E-state index is 0.293. The Bertz CT molecular complexity index is 824. The van der Waals surface area contributed by atoms with Gasteiger partial charge in [-0.1, -0.05) is 0 Å². The zero-order valence-corrected chi connectivity index (χ0v) is 18.5. The van der Waals surface area contributed by atoms with E-state index in [9.17, 15) is 19.2 Å². The van der Waals surface area contributed by atoms with Crippen molar-refractivity contribution in [3.63, 3.8) is 0 Å². The maximum atomic E-state index is 11.8. The molecule has 1 saturated heterocycles. The number of ether oxygens (including phenoxy) is 6. The van der Waals surface area contributed by atoms with Gasteiger partial charge in [-0.3, -0.25) is 19.2 Å². The highest BCUT2D eigenvalue weighted by Crippen LogP contribution is 2.30. The van der Waals surface area contributed by atoms with Crippen LogP contribution in [0.1, 0.15) is 27.7 Å². The molecule has 1 unspecified atom stereocenters. The summed E-state index contributed by atoms with van der Waals surface area (Å²) < 4.78 is 32.2. The van der Waals surface area contributed by atoms with E-state index in [-0.39, 0.29) is 6.61 Å². The molecule has 1 aliphatic heterocycles. The number of carbonyl (C=O) groups is 4. The number of benzene rings is 1. The lowest BCUT2D eigenvalue weighted by Gasteiger charge is -2.44. The van der Waals surface area contributed by atoms with Crippen LogP contribution in [0.4, 0.5) is 5.69 Å². The van der Waals surface area contributed by atoms with Crippen LogP contribution in [0.25, 0.3) is 0 Å². The summed E-state index contributed by atoms with van der Waals surface area (Å²) in [6.45, 7) is 4.43. The number of rotatable bonds is 8. The second-order valence-electron chi connectivity index (χ2n) is 6.99. The van der Waals surface area contributed by atoms with Crippen molar-refractivity contribution in [3.8, 4) is 5.75 Å². The minimum Gasteiger partial charge on any atom is -0.497 e. The number of carbonyl (C=O) groups excluding carboxylic acids is 4. The van der Waals surface area contributed by atoms with Crippen molar-refractivity contribution in [3.05, 3.63) is 24.3 Å². The molecule has 1 aliphatic rings. The third-order valence-corrected chi connectivity index (χ3v) is 4.39. The Balaban J connectivity index is 2.42. The maximum Gasteiger partial charge on any atom is 0.303 e. The highest BCUT2D eigenvalue weighted by molar-refractivity contribution is 5.69. The maximum absolute atomic E-state index is 11.8. The molecule has 1 N–H and O–H groups in total. The third kappa shape index (κ3) is 7.12. The molecule has 1 fully saturated rings. The standard InChI is InChI=1S/C21H27NO10/c1-11(23)28-10-17-18(29-12(2)24)19(30-13(3)25)20(31-14(4)26)21(32-17)22-15-6-8-16(27-5)9-7-15/h6-9,17-22H,10H2,1-5H3/t17-,18-,19+,20-,21?/m1/s1. The molecule has 0 aliphatic carbocycles. The average Bonchev–Trinajstić information content (AvgIpc) is 2.70. The van der Waals surface area contributed by atoms with Crippen molar-refractivity contribution in [1.82, 2.24) is 0 Å². The Kier molecular flexibility index (Phi) is 8.82. The van der Waals surface area contributed by atoms with Crippen LogP contribution < -0.4 is 10.1 Å². The van der Waals surface area contributed by atoms with Crippen LogP contribution in [-0.4, -0.2) is 68.2 Å². The van der Waals surface area contributed by atoms with Gasteiger partial charge in [0.25, 0.3) is 0 Å². The van der Waals surface area contributed by atoms with Gasteiger partial charge in [0.1, 0.15) is 18.5 Å². The molecule has 0 bridgehead atoms. The molecule has 0 saturated carbocycles. The predicted molar refractivity (Wildman–Crippen MR) is 109 cm³/mol. The van der Waals surface area contributed by atoms with Crippen LogP contribution in [-0.2, 0) is 42.9 Å². The molecule has 176 valence electrons. The van der Waals surface area contributed by atoms with Crippen molar-refractivity contribution in [2.75, 3.05) is 19.0 Å². The molecular formula is C21H27NO10. The number of anilines is 1. The first kappa shape index (κ1) is 24.9. The van der Waals surface area contributed by atoms with Crippen molar-refractivity contribution < 1.29 is 47.6 Å². The van der Waals surface area contributed by atoms with Crippen molar-refractivity contribution in [2.24, 2.45) is 0 Å². The van der Waals surface area contributed by atoms with Gasteiger partial charge >= 0.3 is 23.9 Å². The van der Waals surface area contributed by atoms with Crippen LogP contribution in [0, 0.1) is 0 Å². The van der Waals surface area contributed by atoms with Crippen LogP contribution >= 0.6 is 0 Å². The predicted octanol–water partition coefficient (Wildman–Crippen LogP) is 1.19. The Morgan fingerprint density at radius 2 is 1.34 bits per heavy atom. The van der Waals surface area contributed by atoms with E-state index in [2.05, 4.69) is 5.32 Å². The van der Waals surface area contributed by atoms with Crippen molar-refractivity contribution >= 4 is 29.6 Å². The second kappa shape index (κ2) is 11.3. The van der Waals surface area contributed by atoms with Gasteiger partial charge in [0.2, 0.25) is 0 Å². The molecule has 0 amide bonds. The van der Waals surface area contributed by atoms with E-state index in [1.54, 1.807) is 24.3 Å². The first-order valence-electron chi connectivity index (χ1n) is 9.81. The number of hydrogen-bond donors (Lipinski definition) is 1. The molecule has 0 radical (unpaired) electrons. The summed E-state index contributed by atoms with van der Waals surface area (Å²) in [6.07, 6.45) is -5.67. The lowest BCUT2D eigenvalue weighted by molar-refractivity contribution is -0.247. The van der Waals surface area contributed by atoms with Gasteiger partial charge in [-0.2, -0.15) is 0 Å². The Labute approximate surface area is 185 Å². The third-order valence-electron chi connectivity index (χ3n) is 4.39. The van der Waals surface area contributed by atoms with Gasteiger partial charge in [0.15, 0.2) is 24.5 Å². The van der Waals surface area contributed by atoms with Crippen LogP contribution in [0.3, 0.4) is 0 Å². The second-order valence-corrected chi connectivity index (χ2v) is 6.99. The molecule has 0 aromatic heterocycles. The topological polar surface area (TPSA) is 136 Å². The number of esters is 4. The summed E-state index contributed by atoms with van der Waals surface area (Å²) in [5.41, 5.74) is 0.576. The smallest absolute Gasteiger partial charge is 0.303 e. The van der Waals surface area contributed by atoms with E-state index < -0.39 is 54.5 Å². The van der Waals surface area contributed by atoms with Gasteiger partial charge in [-0.25, -0.2) is 0 Å². The molecule has 0 spiro atoms. The van der Waals surface area contributed by atoms with E-state index in [1.807, 2.05) is 0 Å². The lowest BCUT2D eigenvalue weighted by atomic mass is 9.97. The first-order valence-corrected chi connectivity index (χ1v) is 9.81. The summed E-state index contributed by atoms with van der Waals surface area (Å²) in [6, 6.07) is 6.81. The van der Waals surface area contributed by atoms with E-state index >= 15 is 0 Å². The summed E-state index contributed by atoms with van der Waals surface area (Å²) in [5.74, 6) is -2.01. The largest absolute Gasteiger partial charge is 0.497 e. The Morgan fingerprint density at radius 1 is 0.812 bits per heavy atom. The first-order chi connectivity index (χ1) is 15.1. The van der Waals surface area contributed by atoms with Gasteiger partial charge in [-0.15, -0.1) is 0 Å². The molecule has 11 heteroatoms. The molecule has 5 atom stereocenters. The quantitative estimate of drug-likeness (QED) is 0.449. The van der Waals surface area contributed by atoms with E-state index in [1.165, 1.54) is 21.0 Å². The highest BCUT2D eigenvalue weighted by Gasteiger charge is 2.52. The highest BCUT2D eigenvalue weighted by atomic mass is 16.7. The summed E-state index contributed by atoms with van der Waals surface area (Å²) in [7, 11) is 1.53. The zero-order valence-electron chi connectivity index (χ0n) is 18.5. The van der Waals surface area contributed by atoms with E-state index in [0.29, 0.717) is 11.4 Å². The van der Waals surface area contributed by atoms with Crippen molar-refractivity contribution in [2.45, 2.75) is 58.3 Å².